The van der Waals surface area contributed by atoms with Crippen LogP contribution in [0.5, 0.6) is 0 Å². The monoisotopic (exact) mass is 375 g/mol. The molecule has 0 radical (unpaired) electrons. The predicted molar refractivity (Wildman–Crippen MR) is 107 cm³/mol. The Kier molecular flexibility index (Phi) is 7.14. The molecule has 0 fully saturated rings. The van der Waals surface area contributed by atoms with Crippen LogP contribution in [0.15, 0.2) is 64.7 Å². The van der Waals surface area contributed by atoms with E-state index in [1.165, 1.54) is 9.77 Å². The van der Waals surface area contributed by atoms with Gasteiger partial charge in [0.2, 0.25) is 0 Å². The molecular weight excluding hydrogens is 350 g/mol. The van der Waals surface area contributed by atoms with Gasteiger partial charge in [-0.3, -0.25) is 0 Å². The molecule has 2 atom stereocenters. The van der Waals surface area contributed by atoms with E-state index in [9.17, 15) is 4.79 Å². The van der Waals surface area contributed by atoms with Crippen LogP contribution in [0.1, 0.15) is 26.3 Å². The summed E-state index contributed by atoms with van der Waals surface area (Å²) in [4.78, 5) is 12.3. The summed E-state index contributed by atoms with van der Waals surface area (Å²) in [7, 11) is 0. The topological polar surface area (TPSA) is 38.3 Å². The summed E-state index contributed by atoms with van der Waals surface area (Å²) >= 11 is 3.40. The maximum absolute atomic E-state index is 12.3. The molecule has 0 unspecified atom stereocenters. The van der Waals surface area contributed by atoms with E-state index >= 15 is 0 Å². The predicted octanol–water partition coefficient (Wildman–Crippen LogP) is 5.53. The minimum Gasteiger partial charge on any atom is -0.444 e. The highest BCUT2D eigenvalue weighted by Gasteiger charge is 2.25. The van der Waals surface area contributed by atoms with Gasteiger partial charge < -0.3 is 10.1 Å². The largest absolute Gasteiger partial charge is 0.444 e. The Morgan fingerprint density at radius 2 is 2.00 bits per heavy atom. The highest BCUT2D eigenvalue weighted by molar-refractivity contribution is 8.01. The Labute approximate surface area is 158 Å². The van der Waals surface area contributed by atoms with E-state index < -0.39 is 11.7 Å². The summed E-state index contributed by atoms with van der Waals surface area (Å²) < 4.78 is 6.65. The minimum absolute atomic E-state index is 0.0476. The fraction of sp³-hybridized carbons (Fsp3) is 0.350. The molecule has 0 aliphatic rings. The summed E-state index contributed by atoms with van der Waals surface area (Å²) in [5, 5.41) is 5.14. The number of carbonyl (C=O) groups is 1. The molecule has 2 rings (SSSR count). The van der Waals surface area contributed by atoms with Crippen molar-refractivity contribution in [1.29, 1.82) is 0 Å². The summed E-state index contributed by atoms with van der Waals surface area (Å²) in [5.74, 6) is 0. The first-order valence-electron chi connectivity index (χ1n) is 8.23. The lowest BCUT2D eigenvalue weighted by Gasteiger charge is -2.27. The molecule has 0 aliphatic carbocycles. The van der Waals surface area contributed by atoms with Gasteiger partial charge >= 0.3 is 6.09 Å². The lowest BCUT2D eigenvalue weighted by Crippen LogP contribution is -2.45. The van der Waals surface area contributed by atoms with Crippen molar-refractivity contribution in [2.45, 2.75) is 48.3 Å². The third kappa shape index (κ3) is 6.96. The van der Waals surface area contributed by atoms with Crippen LogP contribution in [0.25, 0.3) is 0 Å². The van der Waals surface area contributed by atoms with E-state index in [2.05, 4.69) is 35.5 Å². The number of ether oxygens (including phenoxy) is 1. The van der Waals surface area contributed by atoms with E-state index in [0.29, 0.717) is 0 Å². The maximum Gasteiger partial charge on any atom is 0.407 e. The molecule has 1 aromatic heterocycles. The van der Waals surface area contributed by atoms with E-state index in [1.54, 1.807) is 23.1 Å². The zero-order valence-electron chi connectivity index (χ0n) is 14.9. The number of thioether (sulfide) groups is 1. The SMILES string of the molecule is C=C[C@H](Sc1cccs1)[C@H](Cc1ccccc1)NC(=O)OC(C)(C)C. The second kappa shape index (κ2) is 9.11. The van der Waals surface area contributed by atoms with Crippen LogP contribution in [0, 0.1) is 0 Å². The number of rotatable bonds is 7. The Balaban J connectivity index is 2.14. The first-order chi connectivity index (χ1) is 11.9. The lowest BCUT2D eigenvalue weighted by molar-refractivity contribution is 0.0506. The van der Waals surface area contributed by atoms with Crippen molar-refractivity contribution in [3.05, 3.63) is 66.1 Å². The number of alkyl carbamates (subject to hydrolysis) is 1. The first kappa shape index (κ1) is 19.6. The molecule has 134 valence electrons. The lowest BCUT2D eigenvalue weighted by atomic mass is 10.0. The molecule has 1 aromatic carbocycles. The van der Waals surface area contributed by atoms with Crippen LogP contribution in [0.3, 0.4) is 0 Å². The molecular formula is C20H25NO2S2. The van der Waals surface area contributed by atoms with Crippen molar-refractivity contribution in [3.63, 3.8) is 0 Å². The summed E-state index contributed by atoms with van der Waals surface area (Å²) in [5.41, 5.74) is 0.647. The summed E-state index contributed by atoms with van der Waals surface area (Å²) in [6.07, 6.45) is 2.22. The Morgan fingerprint density at radius 1 is 1.28 bits per heavy atom. The van der Waals surface area contributed by atoms with Crippen molar-refractivity contribution in [2.75, 3.05) is 0 Å². The number of amides is 1. The number of carbonyl (C=O) groups excluding carboxylic acids is 1. The van der Waals surface area contributed by atoms with Crippen molar-refractivity contribution < 1.29 is 9.53 Å². The van der Waals surface area contributed by atoms with Gasteiger partial charge in [0.1, 0.15) is 5.60 Å². The van der Waals surface area contributed by atoms with Gasteiger partial charge in [-0.15, -0.1) is 29.7 Å². The molecule has 1 N–H and O–H groups in total. The fourth-order valence-electron chi connectivity index (χ4n) is 2.34. The van der Waals surface area contributed by atoms with Crippen LogP contribution in [-0.4, -0.2) is 23.0 Å². The van der Waals surface area contributed by atoms with E-state index in [-0.39, 0.29) is 11.3 Å². The quantitative estimate of drug-likeness (QED) is 0.511. The van der Waals surface area contributed by atoms with E-state index in [1.807, 2.05) is 51.1 Å². The van der Waals surface area contributed by atoms with Crippen molar-refractivity contribution in [1.82, 2.24) is 5.32 Å². The molecule has 0 bridgehead atoms. The van der Waals surface area contributed by atoms with Crippen LogP contribution in [0.2, 0.25) is 0 Å². The average molecular weight is 376 g/mol. The van der Waals surface area contributed by atoms with Gasteiger partial charge in [-0.25, -0.2) is 4.79 Å². The van der Waals surface area contributed by atoms with Gasteiger partial charge in [0.05, 0.1) is 10.3 Å². The van der Waals surface area contributed by atoms with Gasteiger partial charge in [-0.1, -0.05) is 42.5 Å². The second-order valence-electron chi connectivity index (χ2n) is 6.69. The van der Waals surface area contributed by atoms with Crippen LogP contribution < -0.4 is 5.32 Å². The first-order valence-corrected chi connectivity index (χ1v) is 9.99. The molecule has 0 saturated heterocycles. The average Bonchev–Trinajstić information content (AvgIpc) is 3.04. The van der Waals surface area contributed by atoms with Crippen molar-refractivity contribution >= 4 is 29.2 Å². The second-order valence-corrected chi connectivity index (χ2v) is 9.12. The highest BCUT2D eigenvalue weighted by atomic mass is 32.2. The molecule has 0 aliphatic heterocycles. The number of hydrogen-bond donors (Lipinski definition) is 1. The highest BCUT2D eigenvalue weighted by Crippen LogP contribution is 2.31. The molecule has 0 spiro atoms. The molecule has 1 amide bonds. The number of nitrogens with one attached hydrogen (secondary N) is 1. The number of hydrogen-bond acceptors (Lipinski definition) is 4. The molecule has 0 saturated carbocycles. The third-order valence-corrected chi connectivity index (χ3v) is 5.78. The zero-order valence-corrected chi connectivity index (χ0v) is 16.5. The molecule has 1 heterocycles. The van der Waals surface area contributed by atoms with Gasteiger partial charge in [-0.2, -0.15) is 0 Å². The Hall–Kier alpha value is -1.72. The Bertz CT molecular complexity index is 663. The van der Waals surface area contributed by atoms with Gasteiger partial charge in [0, 0.05) is 5.25 Å². The molecule has 5 heteroatoms. The van der Waals surface area contributed by atoms with Crippen molar-refractivity contribution in [3.8, 4) is 0 Å². The molecule has 2 aromatic rings. The minimum atomic E-state index is -0.522. The summed E-state index contributed by atoms with van der Waals surface area (Å²) in [6.45, 7) is 9.57. The zero-order chi connectivity index (χ0) is 18.3. The van der Waals surface area contributed by atoms with Gasteiger partial charge in [-0.05, 0) is 44.2 Å². The molecule has 3 nitrogen and oxygen atoms in total. The van der Waals surface area contributed by atoms with E-state index in [0.717, 1.165) is 6.42 Å². The maximum atomic E-state index is 12.3. The standard InChI is InChI=1S/C20H25NO2S2/c1-5-17(25-18-12-9-13-24-18)16(14-15-10-7-6-8-11-15)21-19(22)23-20(2,3)4/h5-13,16-17H,1,14H2,2-4H3,(H,21,22)/t16-,17-/m0/s1. The van der Waals surface area contributed by atoms with Gasteiger partial charge in [0.15, 0.2) is 0 Å². The Morgan fingerprint density at radius 3 is 2.56 bits per heavy atom. The summed E-state index contributed by atoms with van der Waals surface area (Å²) in [6, 6.07) is 14.1. The fourth-order valence-corrected chi connectivity index (χ4v) is 4.36. The van der Waals surface area contributed by atoms with Crippen LogP contribution in [-0.2, 0) is 11.2 Å². The van der Waals surface area contributed by atoms with E-state index in [4.69, 9.17) is 4.74 Å². The number of thiophene rings is 1. The number of benzene rings is 1. The van der Waals surface area contributed by atoms with Crippen LogP contribution in [0.4, 0.5) is 4.79 Å². The smallest absolute Gasteiger partial charge is 0.407 e. The van der Waals surface area contributed by atoms with Crippen LogP contribution >= 0.6 is 23.1 Å². The van der Waals surface area contributed by atoms with Gasteiger partial charge in [0.25, 0.3) is 0 Å². The molecule has 25 heavy (non-hydrogen) atoms. The van der Waals surface area contributed by atoms with Crippen molar-refractivity contribution in [2.24, 2.45) is 0 Å². The normalized spacial score (nSPS) is 13.7. The third-order valence-electron chi connectivity index (χ3n) is 3.38.